The van der Waals surface area contributed by atoms with Gasteiger partial charge in [0.05, 0.1) is 3.57 Å². The van der Waals surface area contributed by atoms with Gasteiger partial charge in [-0.2, -0.15) is 0 Å². The van der Waals surface area contributed by atoms with Gasteiger partial charge >= 0.3 is 6.09 Å². The number of carbonyl (C=O) groups excluding carboxylic acids is 1. The number of benzene rings is 1. The number of hydrogen-bond donors (Lipinski definition) is 1. The van der Waals surface area contributed by atoms with Crippen LogP contribution in [0.4, 0.5) is 28.0 Å². The average molecular weight is 391 g/mol. The van der Waals surface area contributed by atoms with Crippen molar-refractivity contribution in [3.8, 4) is 0 Å². The van der Waals surface area contributed by atoms with Gasteiger partial charge in [0, 0.05) is 0 Å². The molecule has 1 rings (SSSR count). The molecule has 0 fully saturated rings. The second kappa shape index (κ2) is 5.51. The predicted molar refractivity (Wildman–Crippen MR) is 68.8 cm³/mol. The zero-order valence-corrected chi connectivity index (χ0v) is 12.4. The van der Waals surface area contributed by atoms with Crippen LogP contribution in [0.25, 0.3) is 0 Å². The van der Waals surface area contributed by atoms with E-state index in [1.807, 2.05) is 0 Å². The molecule has 0 saturated carbocycles. The molecule has 0 aromatic heterocycles. The third kappa shape index (κ3) is 3.71. The minimum absolute atomic E-state index is 0.831. The maximum atomic E-state index is 13.4. The molecule has 0 aliphatic rings. The van der Waals surface area contributed by atoms with E-state index in [4.69, 9.17) is 4.74 Å². The van der Waals surface area contributed by atoms with Crippen molar-refractivity contribution in [2.24, 2.45) is 0 Å². The molecule has 1 aromatic rings. The zero-order valence-electron chi connectivity index (χ0n) is 10.2. The summed E-state index contributed by atoms with van der Waals surface area (Å²) >= 11 is 1.12. The fourth-order valence-corrected chi connectivity index (χ4v) is 1.59. The van der Waals surface area contributed by atoms with Crippen molar-refractivity contribution in [2.45, 2.75) is 26.4 Å². The molecule has 0 saturated heterocycles. The van der Waals surface area contributed by atoms with Crippen molar-refractivity contribution in [3.63, 3.8) is 0 Å². The summed E-state index contributed by atoms with van der Waals surface area (Å²) in [7, 11) is 0. The molecule has 1 aromatic carbocycles. The first-order chi connectivity index (χ1) is 8.54. The van der Waals surface area contributed by atoms with Crippen molar-refractivity contribution in [2.75, 3.05) is 5.32 Å². The Morgan fingerprint density at radius 1 is 1.05 bits per heavy atom. The highest BCUT2D eigenvalue weighted by Gasteiger charge is 2.26. The molecular formula is C11H10F4INO2. The van der Waals surface area contributed by atoms with Crippen LogP contribution in [0.2, 0.25) is 0 Å². The summed E-state index contributed by atoms with van der Waals surface area (Å²) in [5.74, 6) is -6.53. The highest BCUT2D eigenvalue weighted by Crippen LogP contribution is 2.29. The van der Waals surface area contributed by atoms with Gasteiger partial charge in [-0.25, -0.2) is 22.4 Å². The summed E-state index contributed by atoms with van der Waals surface area (Å²) in [6.07, 6.45) is -1.22. The predicted octanol–water partition coefficient (Wildman–Crippen LogP) is 4.19. The second-order valence-corrected chi connectivity index (χ2v) is 5.65. The molecule has 0 aliphatic carbocycles. The standard InChI is InChI=1S/C11H10F4INO2/c1-11(2,3)19-10(18)17-9-6(14)4(12)8(16)5(13)7(9)15/h1-3H3,(H,17,18). The molecule has 0 aliphatic heterocycles. The lowest BCUT2D eigenvalue weighted by Gasteiger charge is -2.20. The Kier molecular flexibility index (Phi) is 4.64. The van der Waals surface area contributed by atoms with E-state index in [0.29, 0.717) is 0 Å². The van der Waals surface area contributed by atoms with Gasteiger partial charge < -0.3 is 4.74 Å². The summed E-state index contributed by atoms with van der Waals surface area (Å²) in [6.45, 7) is 4.57. The summed E-state index contributed by atoms with van der Waals surface area (Å²) in [5.41, 5.74) is -2.14. The Hall–Kier alpha value is -1.06. The third-order valence-electron chi connectivity index (χ3n) is 1.84. The number of nitrogens with one attached hydrogen (secondary N) is 1. The van der Waals surface area contributed by atoms with Crippen LogP contribution in [-0.2, 0) is 4.74 Å². The minimum Gasteiger partial charge on any atom is -0.444 e. The Morgan fingerprint density at radius 3 is 1.84 bits per heavy atom. The minimum atomic E-state index is -1.69. The number of anilines is 1. The van der Waals surface area contributed by atoms with Crippen LogP contribution in [0.5, 0.6) is 0 Å². The highest BCUT2D eigenvalue weighted by atomic mass is 127. The molecule has 3 nitrogen and oxygen atoms in total. The van der Waals surface area contributed by atoms with Gasteiger partial charge in [-0.1, -0.05) is 0 Å². The quantitative estimate of drug-likeness (QED) is 0.338. The van der Waals surface area contributed by atoms with Gasteiger partial charge in [-0.3, -0.25) is 5.32 Å². The van der Waals surface area contributed by atoms with E-state index < -0.39 is 44.2 Å². The SMILES string of the molecule is CC(C)(C)OC(=O)Nc1c(F)c(F)c(I)c(F)c1F. The lowest BCUT2D eigenvalue weighted by molar-refractivity contribution is 0.0634. The Balaban J connectivity index is 3.13. The highest BCUT2D eigenvalue weighted by molar-refractivity contribution is 14.1. The molecule has 0 spiro atoms. The Morgan fingerprint density at radius 2 is 1.47 bits per heavy atom. The first kappa shape index (κ1) is 16.0. The molecule has 0 bridgehead atoms. The number of halogens is 5. The van der Waals surface area contributed by atoms with Crippen molar-refractivity contribution in [1.82, 2.24) is 0 Å². The number of ether oxygens (including phenoxy) is 1. The van der Waals surface area contributed by atoms with Gasteiger partial charge in [0.2, 0.25) is 0 Å². The molecule has 106 valence electrons. The van der Waals surface area contributed by atoms with Crippen LogP contribution in [0.3, 0.4) is 0 Å². The van der Waals surface area contributed by atoms with Gasteiger partial charge in [-0.05, 0) is 43.4 Å². The third-order valence-corrected chi connectivity index (χ3v) is 2.78. The lowest BCUT2D eigenvalue weighted by Crippen LogP contribution is -2.28. The molecule has 0 atom stereocenters. The van der Waals surface area contributed by atoms with E-state index in [9.17, 15) is 22.4 Å². The van der Waals surface area contributed by atoms with Crippen molar-refractivity contribution < 1.29 is 27.1 Å². The van der Waals surface area contributed by atoms with Crippen LogP contribution in [0.15, 0.2) is 0 Å². The number of hydrogen-bond acceptors (Lipinski definition) is 2. The first-order valence-corrected chi connectivity index (χ1v) is 6.14. The van der Waals surface area contributed by atoms with Crippen LogP contribution < -0.4 is 5.32 Å². The number of rotatable bonds is 1. The topological polar surface area (TPSA) is 38.3 Å². The van der Waals surface area contributed by atoms with Crippen molar-refractivity contribution >= 4 is 34.4 Å². The van der Waals surface area contributed by atoms with E-state index in [0.717, 1.165) is 22.6 Å². The summed E-state index contributed by atoms with van der Waals surface area (Å²) in [4.78, 5) is 11.3. The molecule has 0 radical (unpaired) electrons. The average Bonchev–Trinajstić information content (AvgIpc) is 2.27. The smallest absolute Gasteiger partial charge is 0.412 e. The Bertz CT molecular complexity index is 499. The molecule has 19 heavy (non-hydrogen) atoms. The van der Waals surface area contributed by atoms with Crippen LogP contribution in [-0.4, -0.2) is 11.7 Å². The molecule has 0 heterocycles. The molecule has 0 unspecified atom stereocenters. The van der Waals surface area contributed by atoms with Gasteiger partial charge in [0.25, 0.3) is 0 Å². The maximum Gasteiger partial charge on any atom is 0.412 e. The summed E-state index contributed by atoms with van der Waals surface area (Å²) in [6, 6.07) is 0. The fourth-order valence-electron chi connectivity index (χ4n) is 1.12. The van der Waals surface area contributed by atoms with E-state index in [2.05, 4.69) is 0 Å². The van der Waals surface area contributed by atoms with E-state index >= 15 is 0 Å². The lowest BCUT2D eigenvalue weighted by atomic mass is 10.2. The molecule has 8 heteroatoms. The molecular weight excluding hydrogens is 381 g/mol. The summed E-state index contributed by atoms with van der Waals surface area (Å²) in [5, 5.41) is 1.65. The van der Waals surface area contributed by atoms with Gasteiger partial charge in [0.1, 0.15) is 11.3 Å². The number of amides is 1. The van der Waals surface area contributed by atoms with Gasteiger partial charge in [0.15, 0.2) is 23.3 Å². The van der Waals surface area contributed by atoms with E-state index in [1.54, 1.807) is 5.32 Å². The zero-order chi connectivity index (χ0) is 15.0. The van der Waals surface area contributed by atoms with Gasteiger partial charge in [-0.15, -0.1) is 0 Å². The normalized spacial score (nSPS) is 11.4. The maximum absolute atomic E-state index is 13.4. The van der Waals surface area contributed by atoms with Crippen LogP contribution >= 0.6 is 22.6 Å². The first-order valence-electron chi connectivity index (χ1n) is 5.06. The van der Waals surface area contributed by atoms with Crippen molar-refractivity contribution in [3.05, 3.63) is 26.8 Å². The van der Waals surface area contributed by atoms with Crippen LogP contribution in [0.1, 0.15) is 20.8 Å². The summed E-state index contributed by atoms with van der Waals surface area (Å²) < 4.78 is 57.3. The molecule has 1 amide bonds. The fraction of sp³-hybridized carbons (Fsp3) is 0.364. The van der Waals surface area contributed by atoms with Crippen molar-refractivity contribution in [1.29, 1.82) is 0 Å². The monoisotopic (exact) mass is 391 g/mol. The number of carbonyl (C=O) groups is 1. The Labute approximate surface area is 120 Å². The van der Waals surface area contributed by atoms with Crippen LogP contribution in [0, 0.1) is 26.8 Å². The second-order valence-electron chi connectivity index (χ2n) is 4.57. The van der Waals surface area contributed by atoms with E-state index in [1.165, 1.54) is 20.8 Å². The largest absolute Gasteiger partial charge is 0.444 e. The molecule has 1 N–H and O–H groups in total. The van der Waals surface area contributed by atoms with E-state index in [-0.39, 0.29) is 0 Å².